The van der Waals surface area contributed by atoms with Crippen molar-refractivity contribution in [3.8, 4) is 27.9 Å². The molecule has 0 saturated carbocycles. The lowest BCUT2D eigenvalue weighted by Crippen LogP contribution is -2.01. The van der Waals surface area contributed by atoms with E-state index in [1.54, 1.807) is 0 Å². The second-order valence-corrected chi connectivity index (χ2v) is 15.4. The van der Waals surface area contributed by atoms with Crippen molar-refractivity contribution < 1.29 is 8.97 Å². The molecule has 11 rings (SSSR count). The van der Waals surface area contributed by atoms with Crippen molar-refractivity contribution >= 4 is 76.5 Å². The number of hydrogen-bond acceptors (Lipinski definition) is 2. The highest BCUT2D eigenvalue weighted by Gasteiger charge is 2.20. The first-order valence-corrected chi connectivity index (χ1v) is 19.3. The predicted octanol–water partition coefficient (Wildman–Crippen LogP) is 13.5. The van der Waals surface area contributed by atoms with Gasteiger partial charge in [-0.1, -0.05) is 115 Å². The van der Waals surface area contributed by atoms with Gasteiger partial charge in [0.2, 0.25) is 0 Å². The molecule has 9 aromatic carbocycles. The van der Waals surface area contributed by atoms with Gasteiger partial charge in [0.05, 0.1) is 11.0 Å². The van der Waals surface area contributed by atoms with Crippen LogP contribution in [0.2, 0.25) is 0 Å². The van der Waals surface area contributed by atoms with Gasteiger partial charge in [-0.25, -0.2) is 0 Å². The lowest BCUT2D eigenvalue weighted by Gasteiger charge is -2.10. The van der Waals surface area contributed by atoms with Gasteiger partial charge in [0.15, 0.2) is 9.79 Å². The third-order valence-corrected chi connectivity index (χ3v) is 12.2. The fourth-order valence-corrected chi connectivity index (χ4v) is 9.29. The number of fused-ring (bicyclic) bond motifs is 9. The molecule has 0 amide bonds. The Kier molecular flexibility index (Phi) is 7.02. The standard InChI is InChI=1S/C50H31NO2S/c52-54(39-16-5-2-6-17-39)40-24-26-47-44(31-40)43-27-36(23-25-46(43)51(47)38-14-3-1-4-15-38)32-19-21-33(22-20-32)42-29-37-13-9-10-18-41(37)49-45-28-34-11-7-8-12-35(34)30-48(45)53-50(42)49/h1-31H. The maximum absolute atomic E-state index is 13.7. The first kappa shape index (κ1) is 31.0. The highest BCUT2D eigenvalue weighted by Crippen LogP contribution is 2.43. The zero-order chi connectivity index (χ0) is 35.8. The summed E-state index contributed by atoms with van der Waals surface area (Å²) >= 11 is -1.29. The van der Waals surface area contributed by atoms with Crippen LogP contribution in [0.1, 0.15) is 0 Å². The lowest BCUT2D eigenvalue weighted by molar-refractivity contribution is 0.595. The molecule has 254 valence electrons. The molecule has 0 N–H and O–H groups in total. The average Bonchev–Trinajstić information content (AvgIpc) is 3.78. The van der Waals surface area contributed by atoms with E-state index in [9.17, 15) is 4.55 Å². The van der Waals surface area contributed by atoms with Gasteiger partial charge >= 0.3 is 0 Å². The summed E-state index contributed by atoms with van der Waals surface area (Å²) in [5.41, 5.74) is 9.51. The minimum absolute atomic E-state index is 0.788. The monoisotopic (exact) mass is 709 g/mol. The Hall–Kier alpha value is -6.59. The minimum atomic E-state index is -1.29. The molecule has 0 saturated heterocycles. The van der Waals surface area contributed by atoms with E-state index in [1.165, 1.54) is 21.5 Å². The van der Waals surface area contributed by atoms with Crippen LogP contribution in [0.3, 0.4) is 0 Å². The van der Waals surface area contributed by atoms with Crippen LogP contribution in [0.4, 0.5) is 0 Å². The van der Waals surface area contributed by atoms with E-state index in [2.05, 4.69) is 150 Å². The molecule has 0 radical (unpaired) electrons. The van der Waals surface area contributed by atoms with Crippen LogP contribution in [-0.4, -0.2) is 9.12 Å². The van der Waals surface area contributed by atoms with E-state index in [1.807, 2.05) is 42.5 Å². The molecule has 0 aliphatic heterocycles. The van der Waals surface area contributed by atoms with Crippen molar-refractivity contribution in [2.75, 3.05) is 0 Å². The maximum Gasteiger partial charge on any atom is 0.159 e. The average molecular weight is 710 g/mol. The van der Waals surface area contributed by atoms with Gasteiger partial charge in [0, 0.05) is 50.0 Å². The topological polar surface area (TPSA) is 41.1 Å². The van der Waals surface area contributed by atoms with Crippen LogP contribution >= 0.6 is 0 Å². The zero-order valence-electron chi connectivity index (χ0n) is 29.1. The molecule has 11 aromatic rings. The van der Waals surface area contributed by atoms with Gasteiger partial charge in [-0.05, 0) is 105 Å². The van der Waals surface area contributed by atoms with Gasteiger partial charge < -0.3 is 13.5 Å². The fourth-order valence-electron chi connectivity index (χ4n) is 8.20. The molecule has 0 aliphatic carbocycles. The van der Waals surface area contributed by atoms with E-state index >= 15 is 0 Å². The van der Waals surface area contributed by atoms with Crippen molar-refractivity contribution in [2.24, 2.45) is 0 Å². The summed E-state index contributed by atoms with van der Waals surface area (Å²) in [7, 11) is 0. The molecule has 1 unspecified atom stereocenters. The van der Waals surface area contributed by atoms with Crippen LogP contribution in [0.5, 0.6) is 0 Å². The molecular formula is C50H31NO2S. The van der Waals surface area contributed by atoms with E-state index in [4.69, 9.17) is 4.42 Å². The second-order valence-electron chi connectivity index (χ2n) is 13.9. The van der Waals surface area contributed by atoms with Crippen LogP contribution < -0.4 is 0 Å². The third kappa shape index (κ3) is 4.88. The van der Waals surface area contributed by atoms with Gasteiger partial charge in [-0.15, -0.1) is 0 Å². The molecule has 54 heavy (non-hydrogen) atoms. The number of benzene rings is 9. The van der Waals surface area contributed by atoms with Crippen LogP contribution in [0.15, 0.2) is 202 Å². The van der Waals surface area contributed by atoms with Crippen LogP contribution in [-0.2, 0) is 11.2 Å². The Morgan fingerprint density at radius 1 is 0.426 bits per heavy atom. The fraction of sp³-hybridized carbons (Fsp3) is 0. The van der Waals surface area contributed by atoms with E-state index in [0.717, 1.165) is 81.5 Å². The summed E-state index contributed by atoms with van der Waals surface area (Å²) in [6.07, 6.45) is 0. The highest BCUT2D eigenvalue weighted by atomic mass is 32.2. The highest BCUT2D eigenvalue weighted by molar-refractivity contribution is 7.91. The first-order chi connectivity index (χ1) is 26.7. The zero-order valence-corrected chi connectivity index (χ0v) is 29.9. The molecule has 0 fully saturated rings. The quantitative estimate of drug-likeness (QED) is 0.167. The molecule has 3 nitrogen and oxygen atoms in total. The Bertz CT molecular complexity index is 3220. The number of nitrogens with zero attached hydrogens (tertiary/aromatic N) is 1. The van der Waals surface area contributed by atoms with Gasteiger partial charge in [0.25, 0.3) is 0 Å². The summed E-state index contributed by atoms with van der Waals surface area (Å²) in [4.78, 5) is 1.58. The lowest BCUT2D eigenvalue weighted by atomic mass is 9.94. The molecular weight excluding hydrogens is 679 g/mol. The molecule has 1 atom stereocenters. The molecule has 2 heterocycles. The Labute approximate surface area is 314 Å². The number of rotatable bonds is 5. The summed E-state index contributed by atoms with van der Waals surface area (Å²) in [5.74, 6) is 0. The maximum atomic E-state index is 13.7. The largest absolute Gasteiger partial charge is 0.606 e. The number of hydrogen-bond donors (Lipinski definition) is 0. The van der Waals surface area contributed by atoms with Crippen molar-refractivity contribution in [1.82, 2.24) is 4.57 Å². The van der Waals surface area contributed by atoms with Crippen molar-refractivity contribution in [3.05, 3.63) is 188 Å². The van der Waals surface area contributed by atoms with Gasteiger partial charge in [-0.3, -0.25) is 0 Å². The van der Waals surface area contributed by atoms with Crippen molar-refractivity contribution in [2.45, 2.75) is 9.79 Å². The number of para-hydroxylation sites is 1. The predicted molar refractivity (Wildman–Crippen MR) is 225 cm³/mol. The first-order valence-electron chi connectivity index (χ1n) is 18.2. The van der Waals surface area contributed by atoms with Gasteiger partial charge in [-0.2, -0.15) is 0 Å². The van der Waals surface area contributed by atoms with E-state index in [-0.39, 0.29) is 0 Å². The molecule has 0 spiro atoms. The minimum Gasteiger partial charge on any atom is -0.606 e. The number of furan rings is 1. The smallest absolute Gasteiger partial charge is 0.159 e. The normalized spacial score (nSPS) is 12.5. The molecule has 0 aliphatic rings. The summed E-state index contributed by atoms with van der Waals surface area (Å²) in [6.45, 7) is 0. The summed E-state index contributed by atoms with van der Waals surface area (Å²) in [5, 5.41) is 9.24. The molecule has 4 heteroatoms. The van der Waals surface area contributed by atoms with Gasteiger partial charge in [0.1, 0.15) is 11.2 Å². The van der Waals surface area contributed by atoms with Crippen molar-refractivity contribution in [3.63, 3.8) is 0 Å². The van der Waals surface area contributed by atoms with Crippen molar-refractivity contribution in [1.29, 1.82) is 0 Å². The van der Waals surface area contributed by atoms with Crippen LogP contribution in [0, 0.1) is 0 Å². The van der Waals surface area contributed by atoms with E-state index in [0.29, 0.717) is 0 Å². The summed E-state index contributed by atoms with van der Waals surface area (Å²) in [6, 6.07) is 65.6. The summed E-state index contributed by atoms with van der Waals surface area (Å²) < 4.78 is 22.7. The SMILES string of the molecule is [O-][S+](c1ccccc1)c1ccc2c(c1)c1cc(-c3ccc(-c4cc5ccccc5c5c4oc4cc6ccccc6cc45)cc3)ccc1n2-c1ccccc1. The second kappa shape index (κ2) is 12.2. The van der Waals surface area contributed by atoms with E-state index < -0.39 is 11.2 Å². The van der Waals surface area contributed by atoms with Crippen LogP contribution in [0.25, 0.3) is 93.2 Å². The molecule has 2 aromatic heterocycles. The Morgan fingerprint density at radius 2 is 1.04 bits per heavy atom. The molecule has 0 bridgehead atoms. The third-order valence-electron chi connectivity index (χ3n) is 10.8. The Balaban J connectivity index is 1.05. The Morgan fingerprint density at radius 3 is 1.81 bits per heavy atom. The number of aromatic nitrogens is 1.